The summed E-state index contributed by atoms with van der Waals surface area (Å²) in [5, 5.41) is 13.1. The number of halogens is 1. The molecule has 4 rings (SSSR count). The summed E-state index contributed by atoms with van der Waals surface area (Å²) >= 11 is 1.28. The zero-order valence-corrected chi connectivity index (χ0v) is 14.0. The zero-order valence-electron chi connectivity index (χ0n) is 13.2. The van der Waals surface area contributed by atoms with Gasteiger partial charge in [-0.05, 0) is 36.4 Å². The van der Waals surface area contributed by atoms with Crippen molar-refractivity contribution in [3.63, 3.8) is 0 Å². The second-order valence-electron chi connectivity index (χ2n) is 5.16. The van der Waals surface area contributed by atoms with E-state index < -0.39 is 0 Å². The minimum atomic E-state index is -0.316. The van der Waals surface area contributed by atoms with Crippen molar-refractivity contribution in [1.29, 1.82) is 0 Å². The van der Waals surface area contributed by atoms with Crippen LogP contribution in [0.2, 0.25) is 0 Å². The Hall–Kier alpha value is -3.00. The lowest BCUT2D eigenvalue weighted by atomic mass is 10.2. The fraction of sp³-hybridized carbons (Fsp3) is 0.118. The average Bonchev–Trinajstić information content (AvgIpc) is 3.22. The lowest BCUT2D eigenvalue weighted by Gasteiger charge is -2.05. The van der Waals surface area contributed by atoms with Crippen molar-refractivity contribution in [3.05, 3.63) is 60.2 Å². The molecular formula is C17H13FN4O2S. The normalized spacial score (nSPS) is 11.0. The van der Waals surface area contributed by atoms with E-state index in [0.29, 0.717) is 27.1 Å². The number of hydrogen-bond acceptors (Lipinski definition) is 6. The molecule has 0 bridgehead atoms. The van der Waals surface area contributed by atoms with E-state index in [0.717, 1.165) is 5.75 Å². The van der Waals surface area contributed by atoms with Crippen LogP contribution in [-0.4, -0.2) is 26.9 Å². The van der Waals surface area contributed by atoms with Crippen molar-refractivity contribution in [2.24, 2.45) is 0 Å². The van der Waals surface area contributed by atoms with Crippen LogP contribution in [0.4, 0.5) is 4.39 Å². The fourth-order valence-corrected chi connectivity index (χ4v) is 3.20. The van der Waals surface area contributed by atoms with Crippen LogP contribution in [0.1, 0.15) is 5.82 Å². The Kier molecular flexibility index (Phi) is 4.02. The van der Waals surface area contributed by atoms with E-state index in [1.165, 1.54) is 17.4 Å². The van der Waals surface area contributed by atoms with Gasteiger partial charge in [-0.1, -0.05) is 23.5 Å². The molecule has 0 aliphatic heterocycles. The molecule has 0 spiro atoms. The highest BCUT2D eigenvalue weighted by atomic mass is 32.1. The number of fused-ring (bicyclic) bond motifs is 1. The molecule has 25 heavy (non-hydrogen) atoms. The van der Waals surface area contributed by atoms with E-state index >= 15 is 0 Å². The number of aromatic nitrogens is 4. The second kappa shape index (κ2) is 6.48. The third-order valence-corrected chi connectivity index (χ3v) is 4.52. The molecule has 2 heterocycles. The van der Waals surface area contributed by atoms with Crippen LogP contribution in [-0.2, 0) is 6.61 Å². The molecule has 0 N–H and O–H groups in total. The number of nitrogens with zero attached hydrogens (tertiary/aromatic N) is 4. The molecule has 0 fully saturated rings. The van der Waals surface area contributed by atoms with Crippen LogP contribution in [0.15, 0.2) is 48.5 Å². The Morgan fingerprint density at radius 1 is 1.04 bits per heavy atom. The summed E-state index contributed by atoms with van der Waals surface area (Å²) in [5.74, 6) is 1.67. The van der Waals surface area contributed by atoms with Gasteiger partial charge in [0.05, 0.1) is 7.11 Å². The monoisotopic (exact) mass is 356 g/mol. The SMILES string of the molecule is COc1ccc(OCc2nnc3sc(-c4ccccc4F)nn23)cc1. The van der Waals surface area contributed by atoms with Gasteiger partial charge >= 0.3 is 0 Å². The third kappa shape index (κ3) is 3.03. The van der Waals surface area contributed by atoms with Crippen molar-refractivity contribution in [3.8, 4) is 22.1 Å². The van der Waals surface area contributed by atoms with E-state index in [-0.39, 0.29) is 12.4 Å². The molecule has 4 aromatic rings. The van der Waals surface area contributed by atoms with E-state index in [4.69, 9.17) is 9.47 Å². The first-order valence-corrected chi connectivity index (χ1v) is 8.29. The van der Waals surface area contributed by atoms with Crippen molar-refractivity contribution < 1.29 is 13.9 Å². The molecule has 0 radical (unpaired) electrons. The maximum absolute atomic E-state index is 13.9. The molecule has 126 valence electrons. The molecule has 8 heteroatoms. The van der Waals surface area contributed by atoms with Gasteiger partial charge in [0.15, 0.2) is 10.8 Å². The molecule has 0 aliphatic carbocycles. The van der Waals surface area contributed by atoms with Crippen molar-refractivity contribution in [2.75, 3.05) is 7.11 Å². The Labute approximate surface area is 146 Å². The van der Waals surface area contributed by atoms with E-state index in [2.05, 4.69) is 15.3 Å². The van der Waals surface area contributed by atoms with Crippen LogP contribution >= 0.6 is 11.3 Å². The van der Waals surface area contributed by atoms with Crippen molar-refractivity contribution in [1.82, 2.24) is 19.8 Å². The molecule has 6 nitrogen and oxygen atoms in total. The molecular weight excluding hydrogens is 343 g/mol. The highest BCUT2D eigenvalue weighted by molar-refractivity contribution is 7.19. The highest BCUT2D eigenvalue weighted by Gasteiger charge is 2.15. The first-order chi connectivity index (χ1) is 12.2. The van der Waals surface area contributed by atoms with Crippen LogP contribution in [0, 0.1) is 5.82 Å². The van der Waals surface area contributed by atoms with Gasteiger partial charge in [0.2, 0.25) is 4.96 Å². The van der Waals surface area contributed by atoms with Gasteiger partial charge in [-0.3, -0.25) is 0 Å². The summed E-state index contributed by atoms with van der Waals surface area (Å²) in [4.78, 5) is 0.589. The van der Waals surface area contributed by atoms with E-state index in [1.54, 1.807) is 29.8 Å². The average molecular weight is 356 g/mol. The van der Waals surface area contributed by atoms with Crippen molar-refractivity contribution in [2.45, 2.75) is 6.61 Å². The molecule has 0 aliphatic rings. The second-order valence-corrected chi connectivity index (χ2v) is 6.12. The number of rotatable bonds is 5. The minimum Gasteiger partial charge on any atom is -0.497 e. The molecule has 2 aromatic heterocycles. The standard InChI is InChI=1S/C17H13FN4O2S/c1-23-11-6-8-12(9-7-11)24-10-15-19-20-17-22(15)21-16(25-17)13-4-2-3-5-14(13)18/h2-9H,10H2,1H3. The number of benzene rings is 2. The first-order valence-electron chi connectivity index (χ1n) is 7.47. The Bertz CT molecular complexity index is 1010. The molecule has 0 amide bonds. The predicted octanol–water partition coefficient (Wildman–Crippen LogP) is 3.58. The Morgan fingerprint density at radius 3 is 2.56 bits per heavy atom. The van der Waals surface area contributed by atoms with Crippen LogP contribution in [0.25, 0.3) is 15.5 Å². The topological polar surface area (TPSA) is 61.5 Å². The quantitative estimate of drug-likeness (QED) is 0.547. The van der Waals surface area contributed by atoms with Gasteiger partial charge in [-0.15, -0.1) is 10.2 Å². The molecule has 0 atom stereocenters. The lowest BCUT2D eigenvalue weighted by Crippen LogP contribution is -2.02. The number of methoxy groups -OCH3 is 1. The summed E-state index contributed by atoms with van der Waals surface area (Å²) in [6.45, 7) is 0.202. The van der Waals surface area contributed by atoms with Gasteiger partial charge < -0.3 is 9.47 Å². The van der Waals surface area contributed by atoms with Crippen LogP contribution in [0.3, 0.4) is 0 Å². The predicted molar refractivity (Wildman–Crippen MR) is 91.4 cm³/mol. The largest absolute Gasteiger partial charge is 0.497 e. The van der Waals surface area contributed by atoms with Gasteiger partial charge in [0.1, 0.15) is 23.9 Å². The maximum Gasteiger partial charge on any atom is 0.235 e. The lowest BCUT2D eigenvalue weighted by molar-refractivity contribution is 0.292. The van der Waals surface area contributed by atoms with E-state index in [1.807, 2.05) is 24.3 Å². The van der Waals surface area contributed by atoms with Gasteiger partial charge in [-0.2, -0.15) is 9.61 Å². The number of hydrogen-bond donors (Lipinski definition) is 0. The van der Waals surface area contributed by atoms with Crippen LogP contribution < -0.4 is 9.47 Å². The summed E-state index contributed by atoms with van der Waals surface area (Å²) in [6, 6.07) is 13.8. The zero-order chi connectivity index (χ0) is 17.2. The fourth-order valence-electron chi connectivity index (χ4n) is 2.31. The molecule has 0 saturated carbocycles. The molecule has 2 aromatic carbocycles. The van der Waals surface area contributed by atoms with Gasteiger partial charge in [0.25, 0.3) is 0 Å². The molecule has 0 saturated heterocycles. The van der Waals surface area contributed by atoms with Gasteiger partial charge in [0, 0.05) is 5.56 Å². The third-order valence-electron chi connectivity index (χ3n) is 3.59. The Morgan fingerprint density at radius 2 is 1.80 bits per heavy atom. The minimum absolute atomic E-state index is 0.202. The summed E-state index contributed by atoms with van der Waals surface area (Å²) in [6.07, 6.45) is 0. The first kappa shape index (κ1) is 15.5. The van der Waals surface area contributed by atoms with E-state index in [9.17, 15) is 4.39 Å². The highest BCUT2D eigenvalue weighted by Crippen LogP contribution is 2.27. The molecule has 0 unspecified atom stereocenters. The smallest absolute Gasteiger partial charge is 0.235 e. The summed E-state index contributed by atoms with van der Waals surface area (Å²) < 4.78 is 26.3. The Balaban J connectivity index is 1.57. The maximum atomic E-state index is 13.9. The van der Waals surface area contributed by atoms with Crippen molar-refractivity contribution >= 4 is 16.3 Å². The summed E-state index contributed by atoms with van der Waals surface area (Å²) in [5.41, 5.74) is 0.444. The van der Waals surface area contributed by atoms with Gasteiger partial charge in [-0.25, -0.2) is 4.39 Å². The van der Waals surface area contributed by atoms with Crippen LogP contribution in [0.5, 0.6) is 11.5 Å². The summed E-state index contributed by atoms with van der Waals surface area (Å²) in [7, 11) is 1.61. The number of ether oxygens (including phenoxy) is 2.